The number of carbonyl (C=O) groups excluding carboxylic acids is 1. The van der Waals surface area contributed by atoms with E-state index in [-0.39, 0.29) is 23.2 Å². The largest absolute Gasteiger partial charge is 0.469 e. The summed E-state index contributed by atoms with van der Waals surface area (Å²) in [6.07, 6.45) is 16.8. The van der Waals surface area contributed by atoms with Crippen LogP contribution in [0.1, 0.15) is 92.4 Å². The van der Waals surface area contributed by atoms with Gasteiger partial charge in [-0.2, -0.15) is 0 Å². The number of allylic oxidation sites excluding steroid dienone is 4. The van der Waals surface area contributed by atoms with Crippen molar-refractivity contribution in [2.75, 3.05) is 7.11 Å². The van der Waals surface area contributed by atoms with Crippen molar-refractivity contribution in [3.05, 3.63) is 35.5 Å². The molecule has 0 saturated heterocycles. The van der Waals surface area contributed by atoms with Gasteiger partial charge in [0.2, 0.25) is 0 Å². The van der Waals surface area contributed by atoms with Gasteiger partial charge >= 0.3 is 5.97 Å². The molecule has 0 spiro atoms. The predicted molar refractivity (Wildman–Crippen MR) is 142 cm³/mol. The fourth-order valence-electron chi connectivity index (χ4n) is 3.99. The maximum atomic E-state index is 11.2. The Hall–Kier alpha value is -1.17. The second kappa shape index (κ2) is 14.3. The molecule has 0 aromatic heterocycles. The van der Waals surface area contributed by atoms with E-state index in [0.717, 1.165) is 37.7 Å². The number of carbonyl (C=O) groups is 1. The third-order valence-electron chi connectivity index (χ3n) is 7.20. The summed E-state index contributed by atoms with van der Waals surface area (Å²) in [5, 5.41) is 10.8. The quantitative estimate of drug-likeness (QED) is 0.121. The van der Waals surface area contributed by atoms with Gasteiger partial charge in [0.05, 0.1) is 19.3 Å². The first kappa shape index (κ1) is 29.9. The fourth-order valence-corrected chi connectivity index (χ4v) is 5.30. The Morgan fingerprint density at radius 2 is 1.91 bits per heavy atom. The van der Waals surface area contributed by atoms with Gasteiger partial charge in [0.15, 0.2) is 8.32 Å². The molecule has 0 saturated carbocycles. The molecule has 0 radical (unpaired) electrons. The third-order valence-corrected chi connectivity index (χ3v) is 11.7. The van der Waals surface area contributed by atoms with Crippen molar-refractivity contribution in [3.8, 4) is 0 Å². The van der Waals surface area contributed by atoms with Crippen LogP contribution in [0.2, 0.25) is 18.1 Å². The highest BCUT2D eigenvalue weighted by molar-refractivity contribution is 6.74. The van der Waals surface area contributed by atoms with E-state index in [1.165, 1.54) is 31.9 Å². The van der Waals surface area contributed by atoms with E-state index in [0.29, 0.717) is 12.3 Å². The number of unbranched alkanes of at least 4 members (excludes halogenated alkanes) is 3. The number of ether oxygens (including phenoxy) is 1. The van der Waals surface area contributed by atoms with Gasteiger partial charge in [-0.25, -0.2) is 0 Å². The number of hydrogen-bond acceptors (Lipinski definition) is 4. The third kappa shape index (κ3) is 10.3. The lowest BCUT2D eigenvalue weighted by Crippen LogP contribution is -2.43. The molecule has 1 aliphatic carbocycles. The zero-order chi connectivity index (χ0) is 25.1. The molecule has 1 rings (SSSR count). The summed E-state index contributed by atoms with van der Waals surface area (Å²) < 4.78 is 11.5. The fraction of sp³-hybridized carbons (Fsp3) is 0.750. The minimum absolute atomic E-state index is 0.130. The Balaban J connectivity index is 2.91. The number of hydrogen-bond donors (Lipinski definition) is 1. The van der Waals surface area contributed by atoms with Crippen molar-refractivity contribution in [3.63, 3.8) is 0 Å². The molecule has 0 aliphatic heterocycles. The number of aliphatic hydroxyl groups is 1. The minimum Gasteiger partial charge on any atom is -0.469 e. The molecular formula is C28H50O4Si. The second-order valence-corrected chi connectivity index (χ2v) is 15.8. The number of aliphatic hydroxyl groups excluding tert-OH is 1. The molecule has 0 aromatic carbocycles. The number of esters is 1. The molecule has 0 amide bonds. The molecule has 0 heterocycles. The first-order valence-corrected chi connectivity index (χ1v) is 15.8. The van der Waals surface area contributed by atoms with E-state index in [1.807, 2.05) is 0 Å². The average molecular weight is 479 g/mol. The standard InChI is InChI=1S/C28H50O4Si/c1-9-10-13-16-23(32-33(7,8)28(3,4)5)19-20-24-22(2)21-26(29)25(24)17-14-11-12-15-18-27(30)31-6/h11,14,19-20,22-23,26,29H,9-10,12-13,15-18,21H2,1-8H3/b14-11-,20-19+/t22-,23-,26+/m0/s1. The van der Waals surface area contributed by atoms with E-state index in [1.54, 1.807) is 0 Å². The summed E-state index contributed by atoms with van der Waals surface area (Å²) in [6, 6.07) is 0. The average Bonchev–Trinajstić information content (AvgIpc) is 2.99. The van der Waals surface area contributed by atoms with Gasteiger partial charge in [0, 0.05) is 6.42 Å². The highest BCUT2D eigenvalue weighted by atomic mass is 28.4. The summed E-state index contributed by atoms with van der Waals surface area (Å²) in [7, 11) is -0.433. The molecule has 33 heavy (non-hydrogen) atoms. The van der Waals surface area contributed by atoms with Crippen molar-refractivity contribution in [2.45, 2.75) is 123 Å². The van der Waals surface area contributed by atoms with E-state index >= 15 is 0 Å². The Morgan fingerprint density at radius 1 is 1.21 bits per heavy atom. The molecule has 5 heteroatoms. The lowest BCUT2D eigenvalue weighted by molar-refractivity contribution is -0.140. The summed E-state index contributed by atoms with van der Waals surface area (Å²) in [4.78, 5) is 11.2. The van der Waals surface area contributed by atoms with E-state index in [9.17, 15) is 9.90 Å². The van der Waals surface area contributed by atoms with Crippen LogP contribution in [0, 0.1) is 5.92 Å². The van der Waals surface area contributed by atoms with Crippen LogP contribution < -0.4 is 0 Å². The first-order valence-electron chi connectivity index (χ1n) is 12.9. The lowest BCUT2D eigenvalue weighted by Gasteiger charge is -2.38. The van der Waals surface area contributed by atoms with Crippen LogP contribution in [0.5, 0.6) is 0 Å². The SMILES string of the molecule is CCCCC[C@@H](/C=C/C1=C(C/C=C\CCCC(=O)OC)[C@H](O)C[C@@H]1C)O[Si](C)(C)C(C)(C)C. The molecule has 0 bridgehead atoms. The van der Waals surface area contributed by atoms with Crippen molar-refractivity contribution in [1.82, 2.24) is 0 Å². The van der Waals surface area contributed by atoms with Crippen molar-refractivity contribution in [1.29, 1.82) is 0 Å². The van der Waals surface area contributed by atoms with Crippen LogP contribution >= 0.6 is 0 Å². The van der Waals surface area contributed by atoms with Crippen LogP contribution in [0.15, 0.2) is 35.5 Å². The smallest absolute Gasteiger partial charge is 0.305 e. The number of rotatable bonds is 14. The summed E-state index contributed by atoms with van der Waals surface area (Å²) >= 11 is 0. The molecule has 1 N–H and O–H groups in total. The first-order chi connectivity index (χ1) is 15.4. The van der Waals surface area contributed by atoms with Crippen LogP contribution in [-0.4, -0.2) is 38.7 Å². The zero-order valence-corrected chi connectivity index (χ0v) is 23.6. The van der Waals surface area contributed by atoms with E-state index in [2.05, 4.69) is 76.8 Å². The van der Waals surface area contributed by atoms with E-state index in [4.69, 9.17) is 4.43 Å². The van der Waals surface area contributed by atoms with Gasteiger partial charge in [-0.1, -0.05) is 78.2 Å². The van der Waals surface area contributed by atoms with Gasteiger partial charge in [0.1, 0.15) is 0 Å². The monoisotopic (exact) mass is 478 g/mol. The molecular weight excluding hydrogens is 428 g/mol. The van der Waals surface area contributed by atoms with Crippen LogP contribution in [0.4, 0.5) is 0 Å². The Kier molecular flexibility index (Phi) is 12.9. The summed E-state index contributed by atoms with van der Waals surface area (Å²) in [5.74, 6) is 0.190. The van der Waals surface area contributed by atoms with Crippen LogP contribution in [-0.2, 0) is 14.0 Å². The molecule has 190 valence electrons. The van der Waals surface area contributed by atoms with Crippen molar-refractivity contribution >= 4 is 14.3 Å². The summed E-state index contributed by atoms with van der Waals surface area (Å²) in [6.45, 7) is 16.0. The zero-order valence-electron chi connectivity index (χ0n) is 22.6. The Bertz CT molecular complexity index is 685. The maximum absolute atomic E-state index is 11.2. The van der Waals surface area contributed by atoms with Crippen molar-refractivity contribution < 1.29 is 19.1 Å². The normalized spacial score (nSPS) is 20.9. The number of methoxy groups -OCH3 is 1. The minimum atomic E-state index is -1.86. The van der Waals surface area contributed by atoms with Gasteiger partial charge in [-0.05, 0) is 67.3 Å². The molecule has 3 atom stereocenters. The second-order valence-electron chi connectivity index (χ2n) is 11.0. The van der Waals surface area contributed by atoms with E-state index < -0.39 is 8.32 Å². The van der Waals surface area contributed by atoms with Gasteiger partial charge < -0.3 is 14.3 Å². The van der Waals surface area contributed by atoms with Gasteiger partial charge in [-0.3, -0.25) is 4.79 Å². The highest BCUT2D eigenvalue weighted by Gasteiger charge is 2.38. The highest BCUT2D eigenvalue weighted by Crippen LogP contribution is 2.39. The van der Waals surface area contributed by atoms with Crippen molar-refractivity contribution in [2.24, 2.45) is 5.92 Å². The lowest BCUT2D eigenvalue weighted by atomic mass is 9.99. The Labute approximate surface area is 204 Å². The maximum Gasteiger partial charge on any atom is 0.305 e. The molecule has 0 fully saturated rings. The van der Waals surface area contributed by atoms with Crippen LogP contribution in [0.25, 0.3) is 0 Å². The van der Waals surface area contributed by atoms with Gasteiger partial charge in [0.25, 0.3) is 0 Å². The molecule has 0 aromatic rings. The molecule has 4 nitrogen and oxygen atoms in total. The summed E-state index contributed by atoms with van der Waals surface area (Å²) in [5.41, 5.74) is 2.39. The van der Waals surface area contributed by atoms with Crippen LogP contribution in [0.3, 0.4) is 0 Å². The molecule has 0 unspecified atom stereocenters. The topological polar surface area (TPSA) is 55.8 Å². The molecule has 1 aliphatic rings. The predicted octanol–water partition coefficient (Wildman–Crippen LogP) is 7.50. The Morgan fingerprint density at radius 3 is 2.52 bits per heavy atom. The van der Waals surface area contributed by atoms with Gasteiger partial charge in [-0.15, -0.1) is 0 Å².